The molecule has 0 saturated carbocycles. The maximum absolute atomic E-state index is 14.5. The van der Waals surface area contributed by atoms with Crippen LogP contribution in [0.15, 0.2) is 65.2 Å². The van der Waals surface area contributed by atoms with Crippen LogP contribution in [0, 0.1) is 5.82 Å². The fraction of sp³-hybridized carbons (Fsp3) is 0.0455. The van der Waals surface area contributed by atoms with Gasteiger partial charge >= 0.3 is 0 Å². The molecular formula is C22H13Cl2FN4O. The van der Waals surface area contributed by atoms with E-state index >= 15 is 0 Å². The SMILES string of the molecule is Cn1c(-c2cccc(Cl)c2F)nc2cc(-c3nc(-c4ccc(Cl)cc4)no3)ccc21. The molecular weight excluding hydrogens is 426 g/mol. The van der Waals surface area contributed by atoms with E-state index in [0.29, 0.717) is 39.2 Å². The molecule has 0 aliphatic heterocycles. The van der Waals surface area contributed by atoms with Gasteiger partial charge in [-0.15, -0.1) is 0 Å². The number of aryl methyl sites for hydroxylation is 1. The third-order valence-corrected chi connectivity index (χ3v) is 5.39. The normalized spacial score (nSPS) is 11.3. The molecule has 0 aliphatic carbocycles. The first-order chi connectivity index (χ1) is 14.5. The summed E-state index contributed by atoms with van der Waals surface area (Å²) in [5.41, 5.74) is 3.37. The number of benzene rings is 3. The molecule has 5 nitrogen and oxygen atoms in total. The third-order valence-electron chi connectivity index (χ3n) is 4.85. The molecule has 5 rings (SSSR count). The molecule has 0 spiro atoms. The Morgan fingerprint density at radius 2 is 1.70 bits per heavy atom. The lowest BCUT2D eigenvalue weighted by atomic mass is 10.2. The Labute approximate surface area is 180 Å². The summed E-state index contributed by atoms with van der Waals surface area (Å²) in [5.74, 6) is 0.810. The Morgan fingerprint density at radius 1 is 0.933 bits per heavy atom. The smallest absolute Gasteiger partial charge is 0.258 e. The first-order valence-corrected chi connectivity index (χ1v) is 9.78. The van der Waals surface area contributed by atoms with Crippen LogP contribution >= 0.6 is 23.2 Å². The van der Waals surface area contributed by atoms with Crippen LogP contribution in [-0.4, -0.2) is 19.7 Å². The average Bonchev–Trinajstić information content (AvgIpc) is 3.36. The van der Waals surface area contributed by atoms with Crippen LogP contribution in [0.25, 0.3) is 45.3 Å². The monoisotopic (exact) mass is 438 g/mol. The summed E-state index contributed by atoms with van der Waals surface area (Å²) < 4.78 is 21.8. The molecule has 0 unspecified atom stereocenters. The first-order valence-electron chi connectivity index (χ1n) is 9.02. The zero-order valence-electron chi connectivity index (χ0n) is 15.6. The molecule has 0 saturated heterocycles. The van der Waals surface area contributed by atoms with Crippen molar-refractivity contribution < 1.29 is 8.91 Å². The quantitative estimate of drug-likeness (QED) is 0.326. The number of halogens is 3. The van der Waals surface area contributed by atoms with Crippen molar-refractivity contribution in [1.82, 2.24) is 19.7 Å². The Kier molecular flexibility index (Phi) is 4.53. The van der Waals surface area contributed by atoms with E-state index in [-0.39, 0.29) is 5.02 Å². The van der Waals surface area contributed by atoms with Crippen molar-refractivity contribution in [3.63, 3.8) is 0 Å². The Morgan fingerprint density at radius 3 is 2.50 bits per heavy atom. The Balaban J connectivity index is 1.56. The number of rotatable bonds is 3. The minimum absolute atomic E-state index is 0.0563. The van der Waals surface area contributed by atoms with Crippen LogP contribution in [0.3, 0.4) is 0 Å². The third kappa shape index (κ3) is 3.14. The van der Waals surface area contributed by atoms with E-state index in [9.17, 15) is 4.39 Å². The number of hydrogen-bond acceptors (Lipinski definition) is 4. The van der Waals surface area contributed by atoms with E-state index in [4.69, 9.17) is 27.7 Å². The van der Waals surface area contributed by atoms with Crippen molar-refractivity contribution in [2.45, 2.75) is 0 Å². The van der Waals surface area contributed by atoms with E-state index in [2.05, 4.69) is 15.1 Å². The lowest BCUT2D eigenvalue weighted by Crippen LogP contribution is -1.95. The van der Waals surface area contributed by atoms with Crippen molar-refractivity contribution in [2.24, 2.45) is 7.05 Å². The van der Waals surface area contributed by atoms with Crippen LogP contribution in [0.4, 0.5) is 4.39 Å². The van der Waals surface area contributed by atoms with Gasteiger partial charge in [0, 0.05) is 23.2 Å². The van der Waals surface area contributed by atoms with Crippen LogP contribution in [0.1, 0.15) is 0 Å². The van der Waals surface area contributed by atoms with Crippen molar-refractivity contribution in [1.29, 1.82) is 0 Å². The van der Waals surface area contributed by atoms with Crippen molar-refractivity contribution in [3.05, 3.63) is 76.5 Å². The van der Waals surface area contributed by atoms with Crippen LogP contribution < -0.4 is 0 Å². The van der Waals surface area contributed by atoms with Gasteiger partial charge in [-0.3, -0.25) is 0 Å². The second-order valence-corrected chi connectivity index (χ2v) is 7.57. The first kappa shape index (κ1) is 18.8. The zero-order chi connectivity index (χ0) is 20.8. The second-order valence-electron chi connectivity index (χ2n) is 6.73. The van der Waals surface area contributed by atoms with Gasteiger partial charge in [-0.25, -0.2) is 9.37 Å². The zero-order valence-corrected chi connectivity index (χ0v) is 17.1. The molecule has 8 heteroatoms. The van der Waals surface area contributed by atoms with Crippen molar-refractivity contribution in [3.8, 4) is 34.2 Å². The molecule has 0 fully saturated rings. The number of hydrogen-bond donors (Lipinski definition) is 0. The molecule has 2 heterocycles. The van der Waals surface area contributed by atoms with E-state index in [1.54, 1.807) is 24.3 Å². The van der Waals surface area contributed by atoms with Gasteiger partial charge in [0.2, 0.25) is 5.82 Å². The van der Waals surface area contributed by atoms with Crippen LogP contribution in [0.5, 0.6) is 0 Å². The van der Waals surface area contributed by atoms with Crippen molar-refractivity contribution in [2.75, 3.05) is 0 Å². The summed E-state index contributed by atoms with van der Waals surface area (Å²) in [4.78, 5) is 9.07. The molecule has 0 aliphatic rings. The molecule has 2 aromatic heterocycles. The lowest BCUT2D eigenvalue weighted by molar-refractivity contribution is 0.432. The standard InChI is InChI=1S/C22H13Cl2FN4O/c1-29-18-10-7-13(22-27-20(28-30-22)12-5-8-14(23)9-6-12)11-17(18)26-21(29)15-3-2-4-16(24)19(15)25/h2-11H,1H3. The van der Waals surface area contributed by atoms with Gasteiger partial charge in [-0.2, -0.15) is 4.98 Å². The van der Waals surface area contributed by atoms with Gasteiger partial charge in [0.05, 0.1) is 21.6 Å². The van der Waals surface area contributed by atoms with Gasteiger partial charge in [-0.1, -0.05) is 34.4 Å². The van der Waals surface area contributed by atoms with Gasteiger partial charge in [0.25, 0.3) is 5.89 Å². The van der Waals surface area contributed by atoms with E-state index < -0.39 is 5.82 Å². The number of fused-ring (bicyclic) bond motifs is 1. The molecule has 0 bridgehead atoms. The van der Waals surface area contributed by atoms with Crippen LogP contribution in [-0.2, 0) is 7.05 Å². The topological polar surface area (TPSA) is 56.7 Å². The fourth-order valence-electron chi connectivity index (χ4n) is 3.31. The minimum Gasteiger partial charge on any atom is -0.334 e. The molecule has 5 aromatic rings. The van der Waals surface area contributed by atoms with Gasteiger partial charge in [-0.05, 0) is 54.6 Å². The van der Waals surface area contributed by atoms with E-state index in [1.807, 2.05) is 41.9 Å². The molecule has 0 radical (unpaired) electrons. The maximum Gasteiger partial charge on any atom is 0.258 e. The Bertz CT molecular complexity index is 1390. The summed E-state index contributed by atoms with van der Waals surface area (Å²) in [7, 11) is 1.83. The molecule has 0 N–H and O–H groups in total. The highest BCUT2D eigenvalue weighted by molar-refractivity contribution is 6.31. The van der Waals surface area contributed by atoms with Crippen molar-refractivity contribution >= 4 is 34.2 Å². The predicted molar refractivity (Wildman–Crippen MR) is 115 cm³/mol. The Hall–Kier alpha value is -3.22. The lowest BCUT2D eigenvalue weighted by Gasteiger charge is -2.04. The molecule has 0 amide bonds. The minimum atomic E-state index is -0.498. The van der Waals surface area contributed by atoms with Gasteiger partial charge in [0.15, 0.2) is 5.82 Å². The molecule has 30 heavy (non-hydrogen) atoms. The predicted octanol–water partition coefficient (Wildman–Crippen LogP) is 6.40. The average molecular weight is 439 g/mol. The molecule has 3 aromatic carbocycles. The summed E-state index contributed by atoms with van der Waals surface area (Å²) in [6.07, 6.45) is 0. The maximum atomic E-state index is 14.5. The molecule has 0 atom stereocenters. The summed E-state index contributed by atoms with van der Waals surface area (Å²) in [6, 6.07) is 17.6. The summed E-state index contributed by atoms with van der Waals surface area (Å²) in [5, 5.41) is 4.74. The van der Waals surface area contributed by atoms with Crippen LogP contribution in [0.2, 0.25) is 10.0 Å². The highest BCUT2D eigenvalue weighted by atomic mass is 35.5. The summed E-state index contributed by atoms with van der Waals surface area (Å²) in [6.45, 7) is 0. The molecule has 148 valence electrons. The second kappa shape index (κ2) is 7.23. The van der Waals surface area contributed by atoms with E-state index in [1.165, 1.54) is 6.07 Å². The largest absolute Gasteiger partial charge is 0.334 e. The summed E-state index contributed by atoms with van der Waals surface area (Å²) >= 11 is 11.9. The number of aromatic nitrogens is 4. The highest BCUT2D eigenvalue weighted by Crippen LogP contribution is 2.31. The number of imidazole rings is 1. The van der Waals surface area contributed by atoms with Gasteiger partial charge < -0.3 is 9.09 Å². The van der Waals surface area contributed by atoms with Gasteiger partial charge in [0.1, 0.15) is 5.82 Å². The van der Waals surface area contributed by atoms with E-state index in [0.717, 1.165) is 11.1 Å². The highest BCUT2D eigenvalue weighted by Gasteiger charge is 2.17. The fourth-order valence-corrected chi connectivity index (χ4v) is 3.61. The number of nitrogens with zero attached hydrogens (tertiary/aromatic N) is 4.